The lowest BCUT2D eigenvalue weighted by Crippen LogP contribution is -2.58. The number of furan rings is 1. The first kappa shape index (κ1) is 9.27. The Morgan fingerprint density at radius 3 is 2.93 bits per heavy atom. The van der Waals surface area contributed by atoms with Gasteiger partial charge in [0.2, 0.25) is 5.91 Å². The Morgan fingerprint density at radius 1 is 1.64 bits per heavy atom. The summed E-state index contributed by atoms with van der Waals surface area (Å²) in [6.07, 6.45) is 5.84. The Morgan fingerprint density at radius 2 is 2.43 bits per heavy atom. The van der Waals surface area contributed by atoms with Crippen LogP contribution in [0.25, 0.3) is 0 Å². The van der Waals surface area contributed by atoms with Crippen LogP contribution in [0.3, 0.4) is 0 Å². The summed E-state index contributed by atoms with van der Waals surface area (Å²) in [6, 6.07) is 1.82. The molecule has 14 heavy (non-hydrogen) atoms. The molecule has 2 rings (SSSR count). The van der Waals surface area contributed by atoms with Crippen LogP contribution in [0.1, 0.15) is 24.8 Å². The van der Waals surface area contributed by atoms with E-state index in [0.717, 1.165) is 24.8 Å². The standard InChI is InChI=1S/C10H14N2O2/c11-10(3-1-4-10)9(13)12-6-8-2-5-14-7-8/h2,5,7H,1,3-4,6,11H2,(H,12,13). The minimum atomic E-state index is -0.607. The van der Waals surface area contributed by atoms with Crippen LogP contribution < -0.4 is 11.1 Å². The molecule has 0 bridgehead atoms. The molecule has 0 atom stereocenters. The molecule has 1 fully saturated rings. The second-order valence-corrected chi connectivity index (χ2v) is 3.82. The van der Waals surface area contributed by atoms with Crippen LogP contribution in [0.15, 0.2) is 23.0 Å². The van der Waals surface area contributed by atoms with Crippen LogP contribution >= 0.6 is 0 Å². The van der Waals surface area contributed by atoms with E-state index in [1.165, 1.54) is 0 Å². The van der Waals surface area contributed by atoms with Crippen molar-refractivity contribution in [2.45, 2.75) is 31.3 Å². The summed E-state index contributed by atoms with van der Waals surface area (Å²) < 4.78 is 4.89. The van der Waals surface area contributed by atoms with Gasteiger partial charge in [0.05, 0.1) is 18.1 Å². The van der Waals surface area contributed by atoms with E-state index in [0.29, 0.717) is 6.54 Å². The quantitative estimate of drug-likeness (QED) is 0.747. The average molecular weight is 194 g/mol. The van der Waals surface area contributed by atoms with Gasteiger partial charge in [0.15, 0.2) is 0 Å². The molecule has 0 radical (unpaired) electrons. The van der Waals surface area contributed by atoms with Crippen LogP contribution in [0.5, 0.6) is 0 Å². The van der Waals surface area contributed by atoms with E-state index in [-0.39, 0.29) is 5.91 Å². The Balaban J connectivity index is 1.84. The highest BCUT2D eigenvalue weighted by Gasteiger charge is 2.39. The molecule has 4 nitrogen and oxygen atoms in total. The van der Waals surface area contributed by atoms with E-state index in [4.69, 9.17) is 10.2 Å². The summed E-state index contributed by atoms with van der Waals surface area (Å²) in [5.74, 6) is -0.0510. The smallest absolute Gasteiger partial charge is 0.240 e. The minimum absolute atomic E-state index is 0.0510. The maximum Gasteiger partial charge on any atom is 0.240 e. The largest absolute Gasteiger partial charge is 0.472 e. The van der Waals surface area contributed by atoms with Crippen molar-refractivity contribution in [1.29, 1.82) is 0 Å². The molecule has 0 spiro atoms. The Bertz CT molecular complexity index is 315. The third kappa shape index (κ3) is 1.65. The van der Waals surface area contributed by atoms with Crippen molar-refractivity contribution in [3.63, 3.8) is 0 Å². The van der Waals surface area contributed by atoms with Crippen molar-refractivity contribution in [3.8, 4) is 0 Å². The zero-order chi connectivity index (χ0) is 10.0. The molecule has 1 heterocycles. The van der Waals surface area contributed by atoms with Crippen molar-refractivity contribution in [2.24, 2.45) is 5.73 Å². The molecule has 0 aromatic carbocycles. The van der Waals surface area contributed by atoms with Crippen LogP contribution in [0.2, 0.25) is 0 Å². The number of rotatable bonds is 3. The Labute approximate surface area is 82.5 Å². The zero-order valence-corrected chi connectivity index (χ0v) is 7.95. The van der Waals surface area contributed by atoms with E-state index in [9.17, 15) is 4.79 Å². The summed E-state index contributed by atoms with van der Waals surface area (Å²) in [7, 11) is 0. The summed E-state index contributed by atoms with van der Waals surface area (Å²) in [4.78, 5) is 11.6. The van der Waals surface area contributed by atoms with Crippen LogP contribution in [-0.4, -0.2) is 11.4 Å². The van der Waals surface area contributed by atoms with Crippen LogP contribution in [0, 0.1) is 0 Å². The highest BCUT2D eigenvalue weighted by Crippen LogP contribution is 2.29. The first-order chi connectivity index (χ1) is 6.71. The lowest BCUT2D eigenvalue weighted by Gasteiger charge is -2.36. The number of carbonyl (C=O) groups is 1. The summed E-state index contributed by atoms with van der Waals surface area (Å²) in [5, 5.41) is 2.80. The molecule has 0 aliphatic heterocycles. The van der Waals surface area contributed by atoms with Gasteiger partial charge in [0.1, 0.15) is 0 Å². The summed E-state index contributed by atoms with van der Waals surface area (Å²) in [6.45, 7) is 0.494. The molecule has 1 amide bonds. The summed E-state index contributed by atoms with van der Waals surface area (Å²) in [5.41, 5.74) is 6.20. The minimum Gasteiger partial charge on any atom is -0.472 e. The zero-order valence-electron chi connectivity index (χ0n) is 7.95. The highest BCUT2D eigenvalue weighted by molar-refractivity contribution is 5.86. The third-order valence-electron chi connectivity index (χ3n) is 2.73. The van der Waals surface area contributed by atoms with Gasteiger partial charge in [0, 0.05) is 12.1 Å². The Hall–Kier alpha value is -1.29. The predicted molar refractivity (Wildman–Crippen MR) is 51.3 cm³/mol. The van der Waals surface area contributed by atoms with Gasteiger partial charge < -0.3 is 15.5 Å². The van der Waals surface area contributed by atoms with E-state index >= 15 is 0 Å². The molecule has 3 N–H and O–H groups in total. The maximum atomic E-state index is 11.6. The molecule has 1 aliphatic carbocycles. The second kappa shape index (κ2) is 3.46. The van der Waals surface area contributed by atoms with Crippen molar-refractivity contribution >= 4 is 5.91 Å². The van der Waals surface area contributed by atoms with Crippen LogP contribution in [0.4, 0.5) is 0 Å². The molecule has 0 saturated heterocycles. The van der Waals surface area contributed by atoms with Gasteiger partial charge in [-0.25, -0.2) is 0 Å². The number of hydrogen-bond donors (Lipinski definition) is 2. The van der Waals surface area contributed by atoms with Crippen molar-refractivity contribution in [1.82, 2.24) is 5.32 Å². The van der Waals surface area contributed by atoms with Gasteiger partial charge in [-0.3, -0.25) is 4.79 Å². The molecule has 1 aromatic rings. The van der Waals surface area contributed by atoms with Gasteiger partial charge in [0.25, 0.3) is 0 Å². The number of hydrogen-bond acceptors (Lipinski definition) is 3. The van der Waals surface area contributed by atoms with Crippen molar-refractivity contribution in [2.75, 3.05) is 0 Å². The molecule has 1 aliphatic rings. The lowest BCUT2D eigenvalue weighted by molar-refractivity contribution is -0.129. The number of carbonyl (C=O) groups excluding carboxylic acids is 1. The van der Waals surface area contributed by atoms with Gasteiger partial charge in [-0.2, -0.15) is 0 Å². The van der Waals surface area contributed by atoms with Gasteiger partial charge >= 0.3 is 0 Å². The highest BCUT2D eigenvalue weighted by atomic mass is 16.3. The number of nitrogens with one attached hydrogen (secondary N) is 1. The van der Waals surface area contributed by atoms with E-state index in [1.807, 2.05) is 6.07 Å². The maximum absolute atomic E-state index is 11.6. The lowest BCUT2D eigenvalue weighted by atomic mass is 9.77. The van der Waals surface area contributed by atoms with E-state index < -0.39 is 5.54 Å². The number of nitrogens with two attached hydrogens (primary N) is 1. The molecule has 1 saturated carbocycles. The molecule has 0 unspecified atom stereocenters. The fourth-order valence-electron chi connectivity index (χ4n) is 1.54. The molecule has 4 heteroatoms. The van der Waals surface area contributed by atoms with Crippen LogP contribution in [-0.2, 0) is 11.3 Å². The normalized spacial score (nSPS) is 18.6. The molecule has 1 aromatic heterocycles. The SMILES string of the molecule is NC1(C(=O)NCc2ccoc2)CCC1. The third-order valence-corrected chi connectivity index (χ3v) is 2.73. The van der Waals surface area contributed by atoms with Gasteiger partial charge in [-0.15, -0.1) is 0 Å². The van der Waals surface area contributed by atoms with Crippen molar-refractivity contribution < 1.29 is 9.21 Å². The number of amides is 1. The van der Waals surface area contributed by atoms with E-state index in [1.54, 1.807) is 12.5 Å². The first-order valence-corrected chi connectivity index (χ1v) is 4.79. The average Bonchev–Trinajstić information content (AvgIpc) is 2.62. The van der Waals surface area contributed by atoms with Gasteiger partial charge in [-0.1, -0.05) is 0 Å². The fraction of sp³-hybridized carbons (Fsp3) is 0.500. The van der Waals surface area contributed by atoms with Gasteiger partial charge in [-0.05, 0) is 25.3 Å². The predicted octanol–water partition coefficient (Wildman–Crippen LogP) is 0.777. The Kier molecular flexibility index (Phi) is 2.29. The molecule has 76 valence electrons. The first-order valence-electron chi connectivity index (χ1n) is 4.79. The molecular weight excluding hydrogens is 180 g/mol. The summed E-state index contributed by atoms with van der Waals surface area (Å²) >= 11 is 0. The fourth-order valence-corrected chi connectivity index (χ4v) is 1.54. The second-order valence-electron chi connectivity index (χ2n) is 3.82. The van der Waals surface area contributed by atoms with Crippen molar-refractivity contribution in [3.05, 3.63) is 24.2 Å². The van der Waals surface area contributed by atoms with E-state index in [2.05, 4.69) is 5.32 Å². The topological polar surface area (TPSA) is 68.3 Å². The monoisotopic (exact) mass is 194 g/mol. The molecular formula is C10H14N2O2.